The van der Waals surface area contributed by atoms with Gasteiger partial charge in [-0.2, -0.15) is 5.10 Å². The summed E-state index contributed by atoms with van der Waals surface area (Å²) in [7, 11) is 0. The zero-order valence-corrected chi connectivity index (χ0v) is 18.5. The van der Waals surface area contributed by atoms with Crippen molar-refractivity contribution >= 4 is 11.8 Å². The Hall–Kier alpha value is -2.99. The molecule has 0 amide bonds. The van der Waals surface area contributed by atoms with Crippen molar-refractivity contribution < 1.29 is 9.26 Å². The first-order valence-corrected chi connectivity index (χ1v) is 11.5. The van der Waals surface area contributed by atoms with Crippen LogP contribution in [0.1, 0.15) is 36.6 Å². The second-order valence-corrected chi connectivity index (χ2v) is 9.76. The maximum Gasteiger partial charge on any atom is 0.316 e. The molecule has 31 heavy (non-hydrogen) atoms. The molecule has 0 saturated heterocycles. The first-order chi connectivity index (χ1) is 15.0. The number of benzene rings is 2. The lowest BCUT2D eigenvalue weighted by atomic mass is 9.71. The number of ether oxygens (including phenoxy) is 1. The summed E-state index contributed by atoms with van der Waals surface area (Å²) in [6.07, 6.45) is 0. The summed E-state index contributed by atoms with van der Waals surface area (Å²) in [6, 6.07) is 20.6. The molecule has 5 nitrogen and oxygen atoms in total. The van der Waals surface area contributed by atoms with Gasteiger partial charge in [-0.15, -0.1) is 11.8 Å². The van der Waals surface area contributed by atoms with Crippen LogP contribution in [-0.4, -0.2) is 26.3 Å². The molecule has 0 bridgehead atoms. The summed E-state index contributed by atoms with van der Waals surface area (Å²) in [4.78, 5) is 0. The molecule has 4 aromatic rings. The molecule has 0 radical (unpaired) electrons. The number of fused-ring (bicyclic) bond motifs is 5. The molecule has 2 aromatic carbocycles. The van der Waals surface area contributed by atoms with Crippen molar-refractivity contribution in [1.29, 1.82) is 0 Å². The summed E-state index contributed by atoms with van der Waals surface area (Å²) in [5, 5.41) is 10.6. The molecule has 0 spiro atoms. The van der Waals surface area contributed by atoms with Gasteiger partial charge in [-0.3, -0.25) is 0 Å². The second-order valence-electron chi connectivity index (χ2n) is 8.75. The van der Waals surface area contributed by atoms with Crippen LogP contribution in [0.2, 0.25) is 0 Å². The van der Waals surface area contributed by atoms with Crippen molar-refractivity contribution in [3.63, 3.8) is 0 Å². The standard InChI is InChI=1S/C25H23N3O2S/c1-15-19-20-18(14-31-23(19)28(26-15)17-12-8-5-9-13-17)25(2,3)29-24-21(20)22(27-30-24)16-10-6-4-7-11-16/h4-13,18,20H,14H2,1-3H3/t18-,20-/m0/s1. The lowest BCUT2D eigenvalue weighted by Gasteiger charge is -2.45. The minimum atomic E-state index is -0.364. The van der Waals surface area contributed by atoms with Crippen LogP contribution >= 0.6 is 11.8 Å². The highest BCUT2D eigenvalue weighted by atomic mass is 32.2. The minimum Gasteiger partial charge on any atom is -0.457 e. The molecule has 0 aliphatic carbocycles. The average molecular weight is 430 g/mol. The first kappa shape index (κ1) is 18.8. The summed E-state index contributed by atoms with van der Waals surface area (Å²) < 4.78 is 14.2. The Balaban J connectivity index is 1.59. The predicted octanol–water partition coefficient (Wildman–Crippen LogP) is 5.86. The van der Waals surface area contributed by atoms with Gasteiger partial charge in [0.15, 0.2) is 0 Å². The van der Waals surface area contributed by atoms with Crippen LogP contribution in [-0.2, 0) is 0 Å². The minimum absolute atomic E-state index is 0.119. The molecule has 6 rings (SSSR count). The smallest absolute Gasteiger partial charge is 0.316 e. The van der Waals surface area contributed by atoms with Gasteiger partial charge in [0, 0.05) is 28.7 Å². The van der Waals surface area contributed by atoms with E-state index < -0.39 is 0 Å². The van der Waals surface area contributed by atoms with E-state index >= 15 is 0 Å². The van der Waals surface area contributed by atoms with E-state index in [-0.39, 0.29) is 17.4 Å². The molecule has 0 N–H and O–H groups in total. The van der Waals surface area contributed by atoms with Gasteiger partial charge >= 0.3 is 5.95 Å². The Morgan fingerprint density at radius 3 is 2.45 bits per heavy atom. The summed E-state index contributed by atoms with van der Waals surface area (Å²) in [5.41, 5.74) is 5.99. The van der Waals surface area contributed by atoms with Crippen LogP contribution in [0.5, 0.6) is 5.95 Å². The number of rotatable bonds is 2. The highest BCUT2D eigenvalue weighted by molar-refractivity contribution is 7.99. The molecule has 0 unspecified atom stereocenters. The number of para-hydroxylation sites is 1. The Labute approximate surface area is 185 Å². The molecule has 0 fully saturated rings. The van der Waals surface area contributed by atoms with Crippen LogP contribution < -0.4 is 4.74 Å². The van der Waals surface area contributed by atoms with E-state index in [1.165, 1.54) is 10.6 Å². The van der Waals surface area contributed by atoms with Gasteiger partial charge in [-0.1, -0.05) is 53.7 Å². The first-order valence-electron chi connectivity index (χ1n) is 10.6. The Kier molecular flexibility index (Phi) is 4.09. The van der Waals surface area contributed by atoms with Crippen molar-refractivity contribution in [2.45, 2.75) is 37.3 Å². The van der Waals surface area contributed by atoms with E-state index in [0.717, 1.165) is 34.0 Å². The molecular formula is C25H23N3O2S. The fraction of sp³-hybridized carbons (Fsp3) is 0.280. The predicted molar refractivity (Wildman–Crippen MR) is 121 cm³/mol. The number of thioether (sulfide) groups is 1. The maximum atomic E-state index is 6.37. The lowest BCUT2D eigenvalue weighted by molar-refractivity contribution is -0.000951. The van der Waals surface area contributed by atoms with Gasteiger partial charge < -0.3 is 9.26 Å². The van der Waals surface area contributed by atoms with Crippen molar-refractivity contribution in [3.05, 3.63) is 77.5 Å². The van der Waals surface area contributed by atoms with E-state index in [4.69, 9.17) is 14.4 Å². The molecule has 2 aliphatic rings. The van der Waals surface area contributed by atoms with Crippen molar-refractivity contribution in [2.24, 2.45) is 5.92 Å². The van der Waals surface area contributed by atoms with E-state index in [1.54, 1.807) is 0 Å². The molecule has 2 atom stereocenters. The van der Waals surface area contributed by atoms with Crippen molar-refractivity contribution in [1.82, 2.24) is 14.9 Å². The van der Waals surface area contributed by atoms with E-state index in [9.17, 15) is 0 Å². The van der Waals surface area contributed by atoms with Gasteiger partial charge in [0.25, 0.3) is 0 Å². The molecule has 0 saturated carbocycles. The highest BCUT2D eigenvalue weighted by Gasteiger charge is 2.52. The Morgan fingerprint density at radius 2 is 1.71 bits per heavy atom. The van der Waals surface area contributed by atoms with Gasteiger partial charge in [-0.05, 0) is 32.9 Å². The molecule has 2 aromatic heterocycles. The number of hydrogen-bond acceptors (Lipinski definition) is 5. The molecule has 6 heteroatoms. The summed E-state index contributed by atoms with van der Waals surface area (Å²) in [6.45, 7) is 6.42. The van der Waals surface area contributed by atoms with Crippen molar-refractivity contribution in [3.8, 4) is 22.9 Å². The third-order valence-electron chi connectivity index (χ3n) is 6.48. The molecule has 2 aliphatic heterocycles. The average Bonchev–Trinajstić information content (AvgIpc) is 3.35. The lowest BCUT2D eigenvalue weighted by Crippen LogP contribution is -2.47. The topological polar surface area (TPSA) is 53.1 Å². The van der Waals surface area contributed by atoms with E-state index in [2.05, 4.69) is 67.0 Å². The van der Waals surface area contributed by atoms with E-state index in [0.29, 0.717) is 5.95 Å². The maximum absolute atomic E-state index is 6.37. The summed E-state index contributed by atoms with van der Waals surface area (Å²) >= 11 is 1.87. The van der Waals surface area contributed by atoms with Crippen LogP contribution in [0.3, 0.4) is 0 Å². The Bertz CT molecular complexity index is 1260. The van der Waals surface area contributed by atoms with Gasteiger partial charge in [0.05, 0.1) is 16.9 Å². The quantitative estimate of drug-likeness (QED) is 0.399. The van der Waals surface area contributed by atoms with Crippen LogP contribution in [0.25, 0.3) is 16.9 Å². The summed E-state index contributed by atoms with van der Waals surface area (Å²) in [5.74, 6) is 1.89. The Morgan fingerprint density at radius 1 is 1.00 bits per heavy atom. The van der Waals surface area contributed by atoms with Crippen LogP contribution in [0, 0.1) is 12.8 Å². The zero-order chi connectivity index (χ0) is 21.2. The normalized spacial score (nSPS) is 21.0. The number of aromatic nitrogens is 3. The fourth-order valence-corrected chi connectivity index (χ4v) is 6.55. The molecular weight excluding hydrogens is 406 g/mol. The SMILES string of the molecule is Cc1nn(-c2ccccc2)c2c1[C@H]1c3c(-c4ccccc4)noc3OC(C)(C)[C@H]1CS2. The van der Waals surface area contributed by atoms with Gasteiger partial charge in [0.1, 0.15) is 16.3 Å². The number of hydrogen-bond donors (Lipinski definition) is 0. The zero-order valence-electron chi connectivity index (χ0n) is 17.7. The largest absolute Gasteiger partial charge is 0.457 e. The van der Waals surface area contributed by atoms with Gasteiger partial charge in [0.2, 0.25) is 0 Å². The van der Waals surface area contributed by atoms with Gasteiger partial charge in [-0.25, -0.2) is 4.68 Å². The number of aryl methyl sites for hydroxylation is 1. The van der Waals surface area contributed by atoms with Crippen LogP contribution in [0.4, 0.5) is 0 Å². The third-order valence-corrected chi connectivity index (χ3v) is 7.67. The monoisotopic (exact) mass is 429 g/mol. The van der Waals surface area contributed by atoms with E-state index in [1.807, 2.05) is 36.0 Å². The van der Waals surface area contributed by atoms with Crippen molar-refractivity contribution in [2.75, 3.05) is 5.75 Å². The fourth-order valence-electron chi connectivity index (χ4n) is 4.92. The number of nitrogens with zero attached hydrogens (tertiary/aromatic N) is 3. The third kappa shape index (κ3) is 2.78. The molecule has 4 heterocycles. The molecule has 156 valence electrons. The second kappa shape index (κ2) is 6.76. The highest BCUT2D eigenvalue weighted by Crippen LogP contribution is 2.57. The van der Waals surface area contributed by atoms with Crippen LogP contribution in [0.15, 0.2) is 70.2 Å².